The fourth-order valence-electron chi connectivity index (χ4n) is 2.10. The van der Waals surface area contributed by atoms with Gasteiger partial charge in [0.15, 0.2) is 0 Å². The summed E-state index contributed by atoms with van der Waals surface area (Å²) in [6, 6.07) is 10.3. The lowest BCUT2D eigenvalue weighted by Crippen LogP contribution is -2.10. The maximum Gasteiger partial charge on any atom is 0.0750 e. The van der Waals surface area contributed by atoms with Gasteiger partial charge in [0.1, 0.15) is 0 Å². The number of aryl methyl sites for hydroxylation is 1. The van der Waals surface area contributed by atoms with E-state index in [0.717, 1.165) is 31.3 Å². The summed E-state index contributed by atoms with van der Waals surface area (Å²) in [4.78, 5) is 0. The van der Waals surface area contributed by atoms with E-state index in [4.69, 9.17) is 0 Å². The summed E-state index contributed by atoms with van der Waals surface area (Å²) in [5, 5.41) is 10.0. The molecule has 0 aromatic heterocycles. The minimum atomic E-state index is -0.341. The molecular formula is C17H26O. The molecule has 0 heterocycles. The second-order valence-electron chi connectivity index (χ2n) is 5.01. The van der Waals surface area contributed by atoms with E-state index in [0.29, 0.717) is 0 Å². The quantitative estimate of drug-likeness (QED) is 0.502. The smallest absolute Gasteiger partial charge is 0.0750 e. The number of aliphatic hydroxyl groups excluding tert-OH is 1. The minimum Gasteiger partial charge on any atom is -0.389 e. The zero-order valence-corrected chi connectivity index (χ0v) is 11.6. The van der Waals surface area contributed by atoms with Crippen molar-refractivity contribution in [3.05, 3.63) is 48.0 Å². The summed E-state index contributed by atoms with van der Waals surface area (Å²) in [5.41, 5.74) is 2.29. The Hall–Kier alpha value is -1.08. The molecule has 1 rings (SSSR count). The van der Waals surface area contributed by atoms with E-state index < -0.39 is 0 Å². The van der Waals surface area contributed by atoms with E-state index in [9.17, 15) is 5.11 Å². The number of hydrogen-bond donors (Lipinski definition) is 1. The van der Waals surface area contributed by atoms with Crippen molar-refractivity contribution in [2.75, 3.05) is 0 Å². The van der Waals surface area contributed by atoms with Gasteiger partial charge in [0, 0.05) is 0 Å². The van der Waals surface area contributed by atoms with Crippen molar-refractivity contribution in [3.8, 4) is 0 Å². The lowest BCUT2D eigenvalue weighted by Gasteiger charge is -2.13. The predicted octanol–water partition coefficient (Wildman–Crippen LogP) is 4.51. The Morgan fingerprint density at radius 1 is 1.17 bits per heavy atom. The first kappa shape index (κ1) is 15.0. The van der Waals surface area contributed by atoms with Crippen LogP contribution in [0.3, 0.4) is 0 Å². The van der Waals surface area contributed by atoms with Crippen LogP contribution in [0.15, 0.2) is 42.5 Å². The first-order valence-electron chi connectivity index (χ1n) is 7.13. The molecule has 100 valence electrons. The van der Waals surface area contributed by atoms with Crippen LogP contribution in [-0.4, -0.2) is 11.2 Å². The maximum absolute atomic E-state index is 10.0. The average Bonchev–Trinajstić information content (AvgIpc) is 2.42. The molecule has 18 heavy (non-hydrogen) atoms. The van der Waals surface area contributed by atoms with Gasteiger partial charge in [-0.3, -0.25) is 0 Å². The molecule has 0 aliphatic rings. The minimum absolute atomic E-state index is 0.341. The molecule has 0 amide bonds. The number of unbranched alkanes of at least 4 members (excludes halogenated alkanes) is 3. The molecule has 1 nitrogen and oxygen atoms in total. The number of benzene rings is 1. The highest BCUT2D eigenvalue weighted by molar-refractivity contribution is 5.15. The molecule has 0 radical (unpaired) electrons. The molecule has 0 saturated carbocycles. The predicted molar refractivity (Wildman–Crippen MR) is 78.7 cm³/mol. The van der Waals surface area contributed by atoms with Crippen LogP contribution >= 0.6 is 0 Å². The van der Waals surface area contributed by atoms with Crippen molar-refractivity contribution in [2.45, 2.75) is 58.0 Å². The SMILES string of the molecule is C=C(CCCCCC)C(O)CCc1ccccc1. The van der Waals surface area contributed by atoms with Crippen molar-refractivity contribution in [1.82, 2.24) is 0 Å². The summed E-state index contributed by atoms with van der Waals surface area (Å²) in [5.74, 6) is 0. The summed E-state index contributed by atoms with van der Waals surface area (Å²) < 4.78 is 0. The molecule has 1 aromatic rings. The second-order valence-corrected chi connectivity index (χ2v) is 5.01. The first-order valence-corrected chi connectivity index (χ1v) is 7.13. The topological polar surface area (TPSA) is 20.2 Å². The standard InChI is InChI=1S/C17H26O/c1-3-4-5-7-10-15(2)17(18)14-13-16-11-8-6-9-12-16/h6,8-9,11-12,17-18H,2-5,7,10,13-14H2,1H3. The van der Waals surface area contributed by atoms with Gasteiger partial charge in [0.2, 0.25) is 0 Å². The normalized spacial score (nSPS) is 12.3. The maximum atomic E-state index is 10.0. The van der Waals surface area contributed by atoms with Crippen LogP contribution in [-0.2, 0) is 6.42 Å². The average molecular weight is 246 g/mol. The van der Waals surface area contributed by atoms with Crippen molar-refractivity contribution in [1.29, 1.82) is 0 Å². The van der Waals surface area contributed by atoms with Gasteiger partial charge in [-0.15, -0.1) is 0 Å². The Balaban J connectivity index is 2.19. The van der Waals surface area contributed by atoms with E-state index in [1.807, 2.05) is 18.2 Å². The van der Waals surface area contributed by atoms with Crippen LogP contribution < -0.4 is 0 Å². The molecule has 1 heteroatoms. The van der Waals surface area contributed by atoms with Gasteiger partial charge < -0.3 is 5.11 Å². The zero-order chi connectivity index (χ0) is 13.2. The third kappa shape index (κ3) is 6.02. The Kier molecular flexibility index (Phi) is 7.43. The van der Waals surface area contributed by atoms with Gasteiger partial charge in [-0.05, 0) is 36.8 Å². The molecule has 0 spiro atoms. The molecule has 0 bridgehead atoms. The molecule has 1 N–H and O–H groups in total. The fourth-order valence-corrected chi connectivity index (χ4v) is 2.10. The van der Waals surface area contributed by atoms with Gasteiger partial charge in [-0.25, -0.2) is 0 Å². The third-order valence-electron chi connectivity index (χ3n) is 3.37. The zero-order valence-electron chi connectivity index (χ0n) is 11.6. The molecular weight excluding hydrogens is 220 g/mol. The number of rotatable bonds is 9. The van der Waals surface area contributed by atoms with Crippen LogP contribution in [0, 0.1) is 0 Å². The summed E-state index contributed by atoms with van der Waals surface area (Å²) in [6.45, 7) is 6.23. The summed E-state index contributed by atoms with van der Waals surface area (Å²) in [7, 11) is 0. The Labute approximate surface area is 112 Å². The molecule has 0 aliphatic carbocycles. The molecule has 0 fully saturated rings. The van der Waals surface area contributed by atoms with E-state index in [-0.39, 0.29) is 6.10 Å². The van der Waals surface area contributed by atoms with E-state index in [2.05, 4.69) is 25.6 Å². The van der Waals surface area contributed by atoms with Gasteiger partial charge in [0.05, 0.1) is 6.10 Å². The molecule has 0 saturated heterocycles. The van der Waals surface area contributed by atoms with Crippen molar-refractivity contribution in [3.63, 3.8) is 0 Å². The molecule has 1 atom stereocenters. The van der Waals surface area contributed by atoms with Crippen LogP contribution in [0.1, 0.15) is 51.0 Å². The summed E-state index contributed by atoms with van der Waals surface area (Å²) >= 11 is 0. The van der Waals surface area contributed by atoms with E-state index in [1.54, 1.807) is 0 Å². The highest BCUT2D eigenvalue weighted by atomic mass is 16.3. The lowest BCUT2D eigenvalue weighted by molar-refractivity contribution is 0.196. The largest absolute Gasteiger partial charge is 0.389 e. The monoisotopic (exact) mass is 246 g/mol. The van der Waals surface area contributed by atoms with Crippen LogP contribution in [0.25, 0.3) is 0 Å². The van der Waals surface area contributed by atoms with Crippen LogP contribution in [0.5, 0.6) is 0 Å². The Bertz CT molecular complexity index is 329. The van der Waals surface area contributed by atoms with Gasteiger partial charge >= 0.3 is 0 Å². The first-order chi connectivity index (χ1) is 8.74. The number of aliphatic hydroxyl groups is 1. The van der Waals surface area contributed by atoms with E-state index in [1.165, 1.54) is 24.8 Å². The van der Waals surface area contributed by atoms with Crippen molar-refractivity contribution in [2.24, 2.45) is 0 Å². The highest BCUT2D eigenvalue weighted by Gasteiger charge is 2.08. The number of hydrogen-bond acceptors (Lipinski definition) is 1. The highest BCUT2D eigenvalue weighted by Crippen LogP contribution is 2.16. The Morgan fingerprint density at radius 3 is 2.56 bits per heavy atom. The van der Waals surface area contributed by atoms with Crippen LogP contribution in [0.4, 0.5) is 0 Å². The lowest BCUT2D eigenvalue weighted by atomic mass is 9.98. The van der Waals surface area contributed by atoms with Crippen molar-refractivity contribution >= 4 is 0 Å². The van der Waals surface area contributed by atoms with Gasteiger partial charge in [0.25, 0.3) is 0 Å². The third-order valence-corrected chi connectivity index (χ3v) is 3.37. The molecule has 0 aliphatic heterocycles. The van der Waals surface area contributed by atoms with Gasteiger partial charge in [-0.1, -0.05) is 63.1 Å². The summed E-state index contributed by atoms with van der Waals surface area (Å²) in [6.07, 6.45) is 7.29. The van der Waals surface area contributed by atoms with Crippen molar-refractivity contribution < 1.29 is 5.11 Å². The fraction of sp³-hybridized carbons (Fsp3) is 0.529. The van der Waals surface area contributed by atoms with Crippen LogP contribution in [0.2, 0.25) is 0 Å². The van der Waals surface area contributed by atoms with Gasteiger partial charge in [-0.2, -0.15) is 0 Å². The molecule has 1 unspecified atom stereocenters. The van der Waals surface area contributed by atoms with E-state index >= 15 is 0 Å². The Morgan fingerprint density at radius 2 is 1.89 bits per heavy atom. The second kappa shape index (κ2) is 8.93. The molecule has 1 aromatic carbocycles.